The number of carbonyl (C=O) groups is 2. The van der Waals surface area contributed by atoms with Crippen LogP contribution in [0.15, 0.2) is 29.2 Å². The normalized spacial score (nSPS) is 13.7. The molecule has 1 aliphatic rings. The summed E-state index contributed by atoms with van der Waals surface area (Å²) in [5.41, 5.74) is -1.63. The molecule has 0 saturated carbocycles. The van der Waals surface area contributed by atoms with E-state index in [0.717, 1.165) is 12.3 Å². The van der Waals surface area contributed by atoms with Gasteiger partial charge in [-0.25, -0.2) is 8.78 Å². The first-order valence-corrected chi connectivity index (χ1v) is 8.85. The second-order valence-electron chi connectivity index (χ2n) is 7.00. The first kappa shape index (κ1) is 20.3. The number of aromatic nitrogens is 1. The van der Waals surface area contributed by atoms with Gasteiger partial charge < -0.3 is 15.3 Å². The fraction of sp³-hybridized carbons (Fsp3) is 0.316. The standard InChI is InChI=1S/C19H20F2N4O4/c1-10(2)24-9-23(3)25-8-13(16(26)17(27)15(25)19(24)29)18(28)22-7-11-4-5-12(20)6-14(11)21/h4-6,8,10,27H,7,9H2,1-3H3,(H,22,28). The first-order valence-electron chi connectivity index (χ1n) is 8.85. The third-order valence-corrected chi connectivity index (χ3v) is 4.68. The molecule has 0 atom stereocenters. The number of rotatable bonds is 4. The summed E-state index contributed by atoms with van der Waals surface area (Å²) < 4.78 is 27.9. The van der Waals surface area contributed by atoms with Gasteiger partial charge in [0.15, 0.2) is 11.4 Å². The highest BCUT2D eigenvalue weighted by Gasteiger charge is 2.34. The van der Waals surface area contributed by atoms with Crippen molar-refractivity contribution in [2.45, 2.75) is 26.4 Å². The summed E-state index contributed by atoms with van der Waals surface area (Å²) in [6.45, 7) is 3.50. The summed E-state index contributed by atoms with van der Waals surface area (Å²) >= 11 is 0. The van der Waals surface area contributed by atoms with Crippen LogP contribution in [0.2, 0.25) is 0 Å². The molecule has 2 aromatic rings. The number of aromatic hydroxyl groups is 1. The molecule has 0 aliphatic carbocycles. The Bertz CT molecular complexity index is 1050. The molecule has 2 heterocycles. The van der Waals surface area contributed by atoms with E-state index in [4.69, 9.17) is 0 Å². The van der Waals surface area contributed by atoms with Crippen molar-refractivity contribution in [1.82, 2.24) is 14.9 Å². The lowest BCUT2D eigenvalue weighted by Gasteiger charge is -2.39. The molecule has 10 heteroatoms. The van der Waals surface area contributed by atoms with E-state index in [1.807, 2.05) is 0 Å². The van der Waals surface area contributed by atoms with Gasteiger partial charge in [-0.05, 0) is 19.9 Å². The number of nitrogens with zero attached hydrogens (tertiary/aromatic N) is 3. The van der Waals surface area contributed by atoms with Crippen molar-refractivity contribution in [2.24, 2.45) is 0 Å². The van der Waals surface area contributed by atoms with E-state index in [-0.39, 0.29) is 30.5 Å². The number of carbonyl (C=O) groups excluding carboxylic acids is 2. The lowest BCUT2D eigenvalue weighted by atomic mass is 10.1. The van der Waals surface area contributed by atoms with E-state index in [1.165, 1.54) is 15.6 Å². The predicted molar refractivity (Wildman–Crippen MR) is 100 cm³/mol. The Kier molecular flexibility index (Phi) is 5.27. The Morgan fingerprint density at radius 2 is 1.97 bits per heavy atom. The molecular formula is C19H20F2N4O4. The molecule has 2 N–H and O–H groups in total. The molecule has 1 aromatic heterocycles. The molecule has 0 saturated heterocycles. The van der Waals surface area contributed by atoms with Crippen molar-refractivity contribution >= 4 is 11.8 Å². The van der Waals surface area contributed by atoms with Crippen LogP contribution < -0.4 is 15.8 Å². The number of nitrogens with one attached hydrogen (secondary N) is 1. The number of fused-ring (bicyclic) bond motifs is 1. The number of amides is 2. The number of hydrogen-bond donors (Lipinski definition) is 2. The lowest BCUT2D eigenvalue weighted by molar-refractivity contribution is 0.0636. The summed E-state index contributed by atoms with van der Waals surface area (Å²) in [5.74, 6) is -3.83. The van der Waals surface area contributed by atoms with Crippen LogP contribution >= 0.6 is 0 Å². The zero-order valence-electron chi connectivity index (χ0n) is 16.1. The summed E-state index contributed by atoms with van der Waals surface area (Å²) in [4.78, 5) is 39.1. The summed E-state index contributed by atoms with van der Waals surface area (Å²) in [6, 6.07) is 2.74. The van der Waals surface area contributed by atoms with E-state index < -0.39 is 40.2 Å². The Morgan fingerprint density at radius 1 is 1.28 bits per heavy atom. The number of halogens is 2. The van der Waals surface area contributed by atoms with E-state index >= 15 is 0 Å². The topological polar surface area (TPSA) is 94.9 Å². The van der Waals surface area contributed by atoms with Gasteiger partial charge in [0, 0.05) is 37.5 Å². The van der Waals surface area contributed by atoms with E-state index in [9.17, 15) is 28.3 Å². The Balaban J connectivity index is 1.92. The van der Waals surface area contributed by atoms with Gasteiger partial charge in [-0.3, -0.25) is 24.1 Å². The van der Waals surface area contributed by atoms with Crippen LogP contribution in [0.4, 0.5) is 8.78 Å². The van der Waals surface area contributed by atoms with Gasteiger partial charge in [0.05, 0.1) is 0 Å². The molecule has 0 radical (unpaired) electrons. The number of pyridine rings is 1. The zero-order chi connectivity index (χ0) is 21.5. The predicted octanol–water partition coefficient (Wildman–Crippen LogP) is 1.15. The summed E-state index contributed by atoms with van der Waals surface area (Å²) in [6.07, 6.45) is 1.16. The molecule has 8 nitrogen and oxygen atoms in total. The lowest BCUT2D eigenvalue weighted by Crippen LogP contribution is -2.54. The maximum Gasteiger partial charge on any atom is 0.278 e. The van der Waals surface area contributed by atoms with Gasteiger partial charge >= 0.3 is 0 Å². The molecule has 2 amide bonds. The van der Waals surface area contributed by atoms with Crippen LogP contribution in [0.5, 0.6) is 5.75 Å². The second kappa shape index (κ2) is 7.53. The molecular weight excluding hydrogens is 386 g/mol. The van der Waals surface area contributed by atoms with Crippen molar-refractivity contribution < 1.29 is 23.5 Å². The minimum atomic E-state index is -1.01. The Labute approximate surface area is 164 Å². The average molecular weight is 406 g/mol. The maximum absolute atomic E-state index is 13.7. The molecule has 0 unspecified atom stereocenters. The van der Waals surface area contributed by atoms with Crippen molar-refractivity contribution in [3.05, 3.63) is 63.1 Å². The SMILES string of the molecule is CC(C)N1CN(C)n2cc(C(=O)NCc3ccc(F)cc3F)c(=O)c(O)c2C1=O. The highest BCUT2D eigenvalue weighted by atomic mass is 19.1. The zero-order valence-corrected chi connectivity index (χ0v) is 16.1. The van der Waals surface area contributed by atoms with Crippen LogP contribution in [0.3, 0.4) is 0 Å². The molecule has 154 valence electrons. The van der Waals surface area contributed by atoms with E-state index in [0.29, 0.717) is 6.07 Å². The van der Waals surface area contributed by atoms with Crippen molar-refractivity contribution in [3.8, 4) is 5.75 Å². The minimum absolute atomic E-state index is 0.0295. The highest BCUT2D eigenvalue weighted by Crippen LogP contribution is 2.22. The van der Waals surface area contributed by atoms with Crippen molar-refractivity contribution in [2.75, 3.05) is 18.7 Å². The van der Waals surface area contributed by atoms with Gasteiger partial charge in [0.25, 0.3) is 11.8 Å². The molecule has 0 spiro atoms. The third-order valence-electron chi connectivity index (χ3n) is 4.68. The quantitative estimate of drug-likeness (QED) is 0.795. The largest absolute Gasteiger partial charge is 0.502 e. The molecule has 0 bridgehead atoms. The van der Waals surface area contributed by atoms with Gasteiger partial charge in [0.2, 0.25) is 5.43 Å². The van der Waals surface area contributed by atoms with Gasteiger partial charge in [-0.1, -0.05) is 6.07 Å². The fourth-order valence-electron chi connectivity index (χ4n) is 3.04. The monoisotopic (exact) mass is 406 g/mol. The fourth-order valence-corrected chi connectivity index (χ4v) is 3.04. The summed E-state index contributed by atoms with van der Waals surface area (Å²) in [5, 5.41) is 14.3. The highest BCUT2D eigenvalue weighted by molar-refractivity contribution is 5.99. The number of hydrogen-bond acceptors (Lipinski definition) is 5. The van der Waals surface area contributed by atoms with Gasteiger partial charge in [0.1, 0.15) is 23.9 Å². The first-order chi connectivity index (χ1) is 13.6. The van der Waals surface area contributed by atoms with Crippen LogP contribution in [-0.2, 0) is 6.54 Å². The smallest absolute Gasteiger partial charge is 0.278 e. The molecule has 29 heavy (non-hydrogen) atoms. The molecule has 1 aromatic carbocycles. The molecule has 1 aliphatic heterocycles. The third kappa shape index (κ3) is 3.65. The van der Waals surface area contributed by atoms with Crippen LogP contribution in [0.25, 0.3) is 0 Å². The van der Waals surface area contributed by atoms with E-state index in [2.05, 4.69) is 5.32 Å². The van der Waals surface area contributed by atoms with Crippen molar-refractivity contribution in [3.63, 3.8) is 0 Å². The van der Waals surface area contributed by atoms with Crippen LogP contribution in [-0.4, -0.2) is 46.3 Å². The second-order valence-corrected chi connectivity index (χ2v) is 7.00. The van der Waals surface area contributed by atoms with E-state index in [1.54, 1.807) is 25.9 Å². The van der Waals surface area contributed by atoms with Gasteiger partial charge in [-0.2, -0.15) is 0 Å². The number of benzene rings is 1. The van der Waals surface area contributed by atoms with Crippen LogP contribution in [0, 0.1) is 11.6 Å². The van der Waals surface area contributed by atoms with Gasteiger partial charge in [-0.15, -0.1) is 0 Å². The maximum atomic E-state index is 13.7. The molecule has 3 rings (SSSR count). The average Bonchev–Trinajstić information content (AvgIpc) is 2.65. The Morgan fingerprint density at radius 3 is 2.59 bits per heavy atom. The Hall–Kier alpha value is -3.43. The summed E-state index contributed by atoms with van der Waals surface area (Å²) in [7, 11) is 1.63. The van der Waals surface area contributed by atoms with Crippen molar-refractivity contribution in [1.29, 1.82) is 0 Å². The van der Waals surface area contributed by atoms with Crippen LogP contribution in [0.1, 0.15) is 40.3 Å². The minimum Gasteiger partial charge on any atom is -0.502 e. The molecule has 0 fully saturated rings.